The van der Waals surface area contributed by atoms with Crippen LogP contribution < -0.4 is 5.32 Å². The quantitative estimate of drug-likeness (QED) is 0.678. The van der Waals surface area contributed by atoms with Crippen LogP contribution in [0.1, 0.15) is 29.0 Å². The number of sulfonamides is 1. The molecule has 1 amide bonds. The first-order valence-electron chi connectivity index (χ1n) is 9.40. The summed E-state index contributed by atoms with van der Waals surface area (Å²) in [5, 5.41) is 3.17. The molecule has 0 aliphatic carbocycles. The van der Waals surface area contributed by atoms with Crippen molar-refractivity contribution in [1.29, 1.82) is 0 Å². The van der Waals surface area contributed by atoms with Crippen molar-refractivity contribution in [2.24, 2.45) is 4.40 Å². The van der Waals surface area contributed by atoms with Gasteiger partial charge >= 0.3 is 0 Å². The van der Waals surface area contributed by atoms with Crippen LogP contribution >= 0.6 is 0 Å². The number of nitrogens with one attached hydrogen (secondary N) is 1. The van der Waals surface area contributed by atoms with Crippen molar-refractivity contribution in [3.05, 3.63) is 59.6 Å². The van der Waals surface area contributed by atoms with E-state index in [1.54, 1.807) is 19.1 Å². The maximum Gasteiger partial charge on any atom is 0.291 e. The topological polar surface area (TPSA) is 92.0 Å². The molecule has 30 heavy (non-hydrogen) atoms. The first-order valence-corrected chi connectivity index (χ1v) is 10.8. The molecule has 2 heterocycles. The van der Waals surface area contributed by atoms with Gasteiger partial charge in [-0.1, -0.05) is 12.1 Å². The zero-order chi connectivity index (χ0) is 21.5. The highest BCUT2D eigenvalue weighted by molar-refractivity contribution is 7.90. The van der Waals surface area contributed by atoms with Gasteiger partial charge in [-0.05, 0) is 43.7 Å². The summed E-state index contributed by atoms with van der Waals surface area (Å²) in [6, 6.07) is 10.2. The van der Waals surface area contributed by atoms with Gasteiger partial charge < -0.3 is 14.6 Å². The highest BCUT2D eigenvalue weighted by atomic mass is 32.2. The summed E-state index contributed by atoms with van der Waals surface area (Å²) >= 11 is 0. The molecule has 1 aliphatic heterocycles. The summed E-state index contributed by atoms with van der Waals surface area (Å²) < 4.78 is 48.3. The largest absolute Gasteiger partial charge is 0.448 e. The first kappa shape index (κ1) is 20.1. The third-order valence-electron chi connectivity index (χ3n) is 5.09. The van der Waals surface area contributed by atoms with Crippen LogP contribution in [-0.2, 0) is 10.0 Å². The Kier molecular flexibility index (Phi) is 5.07. The van der Waals surface area contributed by atoms with E-state index in [0.717, 1.165) is 13.0 Å². The van der Waals surface area contributed by atoms with E-state index < -0.39 is 21.7 Å². The number of amidine groups is 1. The minimum atomic E-state index is -3.83. The fourth-order valence-electron chi connectivity index (χ4n) is 3.42. The average Bonchev–Trinajstić information content (AvgIpc) is 3.26. The highest BCUT2D eigenvalue weighted by Crippen LogP contribution is 2.28. The second-order valence-corrected chi connectivity index (χ2v) is 8.76. The van der Waals surface area contributed by atoms with Crippen molar-refractivity contribution >= 4 is 38.4 Å². The maximum absolute atomic E-state index is 13.9. The monoisotopic (exact) mass is 429 g/mol. The van der Waals surface area contributed by atoms with Crippen molar-refractivity contribution < 1.29 is 22.0 Å². The van der Waals surface area contributed by atoms with Crippen LogP contribution in [0.3, 0.4) is 0 Å². The SMILES string of the molecule is Cc1c(C(=O)Nc2ccc(S(=O)(=O)N=C3CCCN3C)cc2)oc2c(F)cccc12. The fraction of sp³-hybridized carbons (Fsp3) is 0.238. The number of rotatable bonds is 4. The standard InChI is InChI=1S/C21H20FN3O4S/c1-13-16-5-3-6-17(22)20(16)29-19(13)21(26)23-14-8-10-15(11-9-14)30(27,28)24-18-7-4-12-25(18)2/h3,5-6,8-11H,4,7,12H2,1-2H3,(H,23,26). The number of carbonyl (C=O) groups excluding carboxylic acids is 1. The molecule has 1 fully saturated rings. The molecule has 0 unspecified atom stereocenters. The number of hydrogen-bond donors (Lipinski definition) is 1. The van der Waals surface area contributed by atoms with Gasteiger partial charge in [0.25, 0.3) is 15.9 Å². The highest BCUT2D eigenvalue weighted by Gasteiger charge is 2.22. The smallest absolute Gasteiger partial charge is 0.291 e. The summed E-state index contributed by atoms with van der Waals surface area (Å²) in [6.45, 7) is 2.46. The number of carbonyl (C=O) groups is 1. The van der Waals surface area contributed by atoms with Crippen LogP contribution in [0.5, 0.6) is 0 Å². The molecule has 1 N–H and O–H groups in total. The van der Waals surface area contributed by atoms with Crippen LogP contribution in [0.2, 0.25) is 0 Å². The number of furan rings is 1. The molecule has 156 valence electrons. The second kappa shape index (κ2) is 7.56. The Morgan fingerprint density at radius 3 is 2.57 bits per heavy atom. The normalized spacial score (nSPS) is 15.8. The van der Waals surface area contributed by atoms with Gasteiger partial charge in [-0.3, -0.25) is 4.79 Å². The van der Waals surface area contributed by atoms with Gasteiger partial charge in [0.2, 0.25) is 0 Å². The second-order valence-electron chi connectivity index (χ2n) is 7.16. The molecule has 1 aliphatic rings. The lowest BCUT2D eigenvalue weighted by atomic mass is 10.1. The number of anilines is 1. The van der Waals surface area contributed by atoms with Crippen LogP contribution in [0.25, 0.3) is 11.0 Å². The summed E-state index contributed by atoms with van der Waals surface area (Å²) in [5.74, 6) is -0.548. The fourth-order valence-corrected chi connectivity index (χ4v) is 4.52. The van der Waals surface area contributed by atoms with E-state index in [4.69, 9.17) is 4.42 Å². The van der Waals surface area contributed by atoms with Gasteiger partial charge in [0, 0.05) is 36.7 Å². The summed E-state index contributed by atoms with van der Waals surface area (Å²) in [4.78, 5) is 14.5. The van der Waals surface area contributed by atoms with Gasteiger partial charge in [-0.15, -0.1) is 4.40 Å². The Hall–Kier alpha value is -3.20. The molecule has 3 aromatic rings. The summed E-state index contributed by atoms with van der Waals surface area (Å²) in [7, 11) is -2.02. The van der Waals surface area contributed by atoms with E-state index >= 15 is 0 Å². The van der Waals surface area contributed by atoms with Crippen LogP contribution in [-0.4, -0.2) is 38.7 Å². The third-order valence-corrected chi connectivity index (χ3v) is 6.41. The lowest BCUT2D eigenvalue weighted by molar-refractivity contribution is 0.0997. The molecule has 0 saturated carbocycles. The molecule has 9 heteroatoms. The molecule has 7 nitrogen and oxygen atoms in total. The van der Waals surface area contributed by atoms with Gasteiger partial charge in [-0.25, -0.2) is 4.39 Å². The van der Waals surface area contributed by atoms with Crippen LogP contribution in [0.15, 0.2) is 56.2 Å². The Bertz CT molecular complexity index is 1260. The number of halogens is 1. The number of likely N-dealkylation sites (tertiary alicyclic amines) is 1. The van der Waals surface area contributed by atoms with E-state index in [-0.39, 0.29) is 16.2 Å². The van der Waals surface area contributed by atoms with Crippen molar-refractivity contribution in [2.45, 2.75) is 24.7 Å². The van der Waals surface area contributed by atoms with Crippen molar-refractivity contribution in [3.63, 3.8) is 0 Å². The zero-order valence-electron chi connectivity index (χ0n) is 16.5. The predicted octanol–water partition coefficient (Wildman–Crippen LogP) is 3.95. The molecule has 1 saturated heterocycles. The number of fused-ring (bicyclic) bond motifs is 1. The van der Waals surface area contributed by atoms with E-state index in [1.165, 1.54) is 30.3 Å². The van der Waals surface area contributed by atoms with Gasteiger partial charge in [0.15, 0.2) is 17.2 Å². The Morgan fingerprint density at radius 2 is 1.93 bits per heavy atom. The zero-order valence-corrected chi connectivity index (χ0v) is 17.3. The van der Waals surface area contributed by atoms with Crippen LogP contribution in [0, 0.1) is 12.7 Å². The first-order chi connectivity index (χ1) is 14.3. The number of aryl methyl sites for hydroxylation is 1. The van der Waals surface area contributed by atoms with E-state index in [2.05, 4.69) is 9.71 Å². The summed E-state index contributed by atoms with van der Waals surface area (Å²) in [6.07, 6.45) is 1.50. The number of amides is 1. The number of para-hydroxylation sites is 1. The molecule has 1 aromatic heterocycles. The van der Waals surface area contributed by atoms with Crippen molar-refractivity contribution in [3.8, 4) is 0 Å². The molecule has 0 radical (unpaired) electrons. The van der Waals surface area contributed by atoms with E-state index in [0.29, 0.717) is 28.9 Å². The van der Waals surface area contributed by atoms with Gasteiger partial charge in [-0.2, -0.15) is 8.42 Å². The lowest BCUT2D eigenvalue weighted by Gasteiger charge is -2.11. The molecule has 0 spiro atoms. The maximum atomic E-state index is 13.9. The molecular formula is C21H20FN3O4S. The van der Waals surface area contributed by atoms with Crippen LogP contribution in [0.4, 0.5) is 10.1 Å². The number of hydrogen-bond acceptors (Lipinski definition) is 4. The number of nitrogens with zero attached hydrogens (tertiary/aromatic N) is 2. The molecule has 4 rings (SSSR count). The predicted molar refractivity (Wildman–Crippen MR) is 112 cm³/mol. The lowest BCUT2D eigenvalue weighted by Crippen LogP contribution is -2.20. The van der Waals surface area contributed by atoms with E-state index in [1.807, 2.05) is 11.9 Å². The minimum absolute atomic E-state index is 0.00229. The Balaban J connectivity index is 1.55. The minimum Gasteiger partial charge on any atom is -0.448 e. The molecular weight excluding hydrogens is 409 g/mol. The van der Waals surface area contributed by atoms with Crippen molar-refractivity contribution in [1.82, 2.24) is 4.90 Å². The van der Waals surface area contributed by atoms with Crippen molar-refractivity contribution in [2.75, 3.05) is 18.9 Å². The van der Waals surface area contributed by atoms with E-state index in [9.17, 15) is 17.6 Å². The van der Waals surface area contributed by atoms with Gasteiger partial charge in [0.1, 0.15) is 5.84 Å². The number of benzene rings is 2. The third kappa shape index (κ3) is 3.68. The Morgan fingerprint density at radius 1 is 1.20 bits per heavy atom. The van der Waals surface area contributed by atoms with Gasteiger partial charge in [0.05, 0.1) is 4.90 Å². The Labute approximate surface area is 173 Å². The molecule has 0 bridgehead atoms. The average molecular weight is 429 g/mol. The summed E-state index contributed by atoms with van der Waals surface area (Å²) in [5.41, 5.74) is 0.931. The molecule has 2 aromatic carbocycles. The molecule has 0 atom stereocenters.